The van der Waals surface area contributed by atoms with E-state index in [1.165, 1.54) is 0 Å². The molecule has 16 heavy (non-hydrogen) atoms. The Morgan fingerprint density at radius 3 is 2.81 bits per heavy atom. The van der Waals surface area contributed by atoms with Crippen molar-refractivity contribution in [3.05, 3.63) is 18.0 Å². The maximum absolute atomic E-state index is 11.9. The highest BCUT2D eigenvalue weighted by molar-refractivity contribution is 7.91. The number of aromatic nitrogens is 2. The van der Waals surface area contributed by atoms with Gasteiger partial charge in [-0.25, -0.2) is 8.42 Å². The number of aryl methyl sites for hydroxylation is 1. The first-order chi connectivity index (χ1) is 7.62. The highest BCUT2D eigenvalue weighted by Crippen LogP contribution is 2.28. The smallest absolute Gasteiger partial charge is 0.158 e. The summed E-state index contributed by atoms with van der Waals surface area (Å²) in [6.07, 6.45) is 5.58. The van der Waals surface area contributed by atoms with Crippen LogP contribution < -0.4 is 0 Å². The van der Waals surface area contributed by atoms with Crippen LogP contribution >= 0.6 is 0 Å². The van der Waals surface area contributed by atoms with E-state index in [9.17, 15) is 8.42 Å². The predicted molar refractivity (Wildman–Crippen MR) is 62.8 cm³/mol. The monoisotopic (exact) mass is 242 g/mol. The second-order valence-corrected chi connectivity index (χ2v) is 6.71. The lowest BCUT2D eigenvalue weighted by molar-refractivity contribution is 0.475. The Morgan fingerprint density at radius 2 is 2.25 bits per heavy atom. The van der Waals surface area contributed by atoms with Gasteiger partial charge in [0, 0.05) is 12.7 Å². The summed E-state index contributed by atoms with van der Waals surface area (Å²) in [6.45, 7) is 2.93. The first-order valence-electron chi connectivity index (χ1n) is 5.85. The van der Waals surface area contributed by atoms with Crippen molar-refractivity contribution in [3.63, 3.8) is 0 Å². The van der Waals surface area contributed by atoms with Gasteiger partial charge in [0.15, 0.2) is 9.84 Å². The van der Waals surface area contributed by atoms with Crippen LogP contribution in [0.3, 0.4) is 0 Å². The normalized spacial score (nSPS) is 17.3. The third kappa shape index (κ3) is 2.45. The second kappa shape index (κ2) is 4.57. The minimum atomic E-state index is -2.95. The third-order valence-electron chi connectivity index (χ3n) is 3.06. The molecule has 1 aromatic rings. The maximum Gasteiger partial charge on any atom is 0.158 e. The molecule has 0 radical (unpaired) electrons. The molecule has 1 saturated carbocycles. The van der Waals surface area contributed by atoms with Gasteiger partial charge in [0.05, 0.1) is 16.7 Å². The Kier molecular flexibility index (Phi) is 3.33. The van der Waals surface area contributed by atoms with Gasteiger partial charge in [-0.3, -0.25) is 4.68 Å². The highest BCUT2D eigenvalue weighted by atomic mass is 32.2. The second-order valence-electron chi connectivity index (χ2n) is 4.43. The number of nitrogens with zero attached hydrogens (tertiary/aromatic N) is 2. The summed E-state index contributed by atoms with van der Waals surface area (Å²) in [5.41, 5.74) is 0.681. The summed E-state index contributed by atoms with van der Waals surface area (Å²) in [5.74, 6) is 0.106. The molecule has 5 heteroatoms. The first-order valence-corrected chi connectivity index (χ1v) is 7.57. The van der Waals surface area contributed by atoms with E-state index in [1.807, 2.05) is 16.9 Å². The first kappa shape index (κ1) is 11.6. The van der Waals surface area contributed by atoms with Crippen LogP contribution in [0, 0.1) is 0 Å². The molecule has 0 spiro atoms. The zero-order valence-corrected chi connectivity index (χ0v) is 10.4. The van der Waals surface area contributed by atoms with Gasteiger partial charge in [-0.1, -0.05) is 13.3 Å². The van der Waals surface area contributed by atoms with Gasteiger partial charge in [-0.2, -0.15) is 5.10 Å². The van der Waals surface area contributed by atoms with Crippen molar-refractivity contribution in [2.75, 3.05) is 0 Å². The number of hydrogen-bond acceptors (Lipinski definition) is 3. The van der Waals surface area contributed by atoms with Gasteiger partial charge < -0.3 is 0 Å². The van der Waals surface area contributed by atoms with E-state index < -0.39 is 9.84 Å². The van der Waals surface area contributed by atoms with Crippen molar-refractivity contribution in [1.82, 2.24) is 9.78 Å². The molecule has 0 aromatic carbocycles. The lowest BCUT2D eigenvalue weighted by atomic mass is 10.0. The van der Waals surface area contributed by atoms with E-state index >= 15 is 0 Å². The molecular weight excluding hydrogens is 224 g/mol. The van der Waals surface area contributed by atoms with E-state index in [0.717, 1.165) is 32.2 Å². The Balaban J connectivity index is 2.02. The quantitative estimate of drug-likeness (QED) is 0.790. The molecule has 0 bridgehead atoms. The lowest BCUT2D eigenvalue weighted by Gasteiger charge is -2.24. The van der Waals surface area contributed by atoms with Crippen LogP contribution in [0.4, 0.5) is 0 Å². The fraction of sp³-hybridized carbons (Fsp3) is 0.727. The number of sulfone groups is 1. The molecule has 0 amide bonds. The van der Waals surface area contributed by atoms with Crippen LogP contribution in [0.5, 0.6) is 0 Å². The fourth-order valence-electron chi connectivity index (χ4n) is 1.89. The molecular formula is C11H18N2O2S. The summed E-state index contributed by atoms with van der Waals surface area (Å²) in [7, 11) is -2.95. The average molecular weight is 242 g/mol. The molecule has 0 aliphatic heterocycles. The molecule has 1 aromatic heterocycles. The molecule has 1 heterocycles. The zero-order chi connectivity index (χ0) is 11.6. The standard InChI is InChI=1S/C11H18N2O2S/c1-2-7-13-8-6-10(12-13)9-16(14,15)11-4-3-5-11/h6,8,11H,2-5,7,9H2,1H3. The third-order valence-corrected chi connectivity index (χ3v) is 5.24. The van der Waals surface area contributed by atoms with Gasteiger partial charge >= 0.3 is 0 Å². The van der Waals surface area contributed by atoms with E-state index in [1.54, 1.807) is 0 Å². The van der Waals surface area contributed by atoms with Crippen molar-refractivity contribution >= 4 is 9.84 Å². The average Bonchev–Trinajstić information content (AvgIpc) is 2.47. The molecule has 4 nitrogen and oxygen atoms in total. The Bertz CT molecular complexity index is 446. The molecule has 90 valence electrons. The van der Waals surface area contributed by atoms with Crippen molar-refractivity contribution in [2.45, 2.75) is 50.2 Å². The minimum Gasteiger partial charge on any atom is -0.272 e. The largest absolute Gasteiger partial charge is 0.272 e. The van der Waals surface area contributed by atoms with E-state index in [4.69, 9.17) is 0 Å². The van der Waals surface area contributed by atoms with Crippen molar-refractivity contribution in [3.8, 4) is 0 Å². The zero-order valence-electron chi connectivity index (χ0n) is 9.59. The molecule has 1 aliphatic rings. The summed E-state index contributed by atoms with van der Waals surface area (Å²) >= 11 is 0. The molecule has 0 unspecified atom stereocenters. The Morgan fingerprint density at radius 1 is 1.50 bits per heavy atom. The molecule has 2 rings (SSSR count). The summed E-state index contributed by atoms with van der Waals surface area (Å²) in [4.78, 5) is 0. The minimum absolute atomic E-state index is 0.106. The topological polar surface area (TPSA) is 52.0 Å². The predicted octanol–water partition coefficient (Wildman–Crippen LogP) is 1.76. The molecule has 1 aliphatic carbocycles. The van der Waals surface area contributed by atoms with Crippen LogP contribution in [-0.4, -0.2) is 23.4 Å². The SMILES string of the molecule is CCCn1ccc(CS(=O)(=O)C2CCC2)n1. The Hall–Kier alpha value is -0.840. The fourth-order valence-corrected chi connectivity index (χ4v) is 3.74. The van der Waals surface area contributed by atoms with Crippen LogP contribution in [0.1, 0.15) is 38.3 Å². The summed E-state index contributed by atoms with van der Waals surface area (Å²) in [5, 5.41) is 4.16. The van der Waals surface area contributed by atoms with E-state index in [-0.39, 0.29) is 11.0 Å². The van der Waals surface area contributed by atoms with Gasteiger partial charge in [-0.15, -0.1) is 0 Å². The summed E-state index contributed by atoms with van der Waals surface area (Å²) in [6, 6.07) is 1.81. The summed E-state index contributed by atoms with van der Waals surface area (Å²) < 4.78 is 25.6. The highest BCUT2D eigenvalue weighted by Gasteiger charge is 2.31. The molecule has 0 N–H and O–H groups in total. The van der Waals surface area contributed by atoms with E-state index in [2.05, 4.69) is 12.0 Å². The van der Waals surface area contributed by atoms with Crippen LogP contribution in [0.25, 0.3) is 0 Å². The number of hydrogen-bond donors (Lipinski definition) is 0. The van der Waals surface area contributed by atoms with Crippen LogP contribution in [0.15, 0.2) is 12.3 Å². The van der Waals surface area contributed by atoms with Gasteiger partial charge in [0.25, 0.3) is 0 Å². The molecule has 0 saturated heterocycles. The molecule has 0 atom stereocenters. The van der Waals surface area contributed by atoms with Crippen LogP contribution in [-0.2, 0) is 22.1 Å². The van der Waals surface area contributed by atoms with Crippen molar-refractivity contribution in [2.24, 2.45) is 0 Å². The maximum atomic E-state index is 11.9. The Labute approximate surface area is 96.6 Å². The van der Waals surface area contributed by atoms with E-state index in [0.29, 0.717) is 5.69 Å². The van der Waals surface area contributed by atoms with Crippen molar-refractivity contribution < 1.29 is 8.42 Å². The van der Waals surface area contributed by atoms with Crippen LogP contribution in [0.2, 0.25) is 0 Å². The lowest BCUT2D eigenvalue weighted by Crippen LogP contribution is -2.29. The molecule has 1 fully saturated rings. The van der Waals surface area contributed by atoms with Crippen molar-refractivity contribution in [1.29, 1.82) is 0 Å². The number of rotatable bonds is 5. The van der Waals surface area contributed by atoms with Gasteiger partial charge in [-0.05, 0) is 25.3 Å². The van der Waals surface area contributed by atoms with Gasteiger partial charge in [0.1, 0.15) is 0 Å². The van der Waals surface area contributed by atoms with Gasteiger partial charge in [0.2, 0.25) is 0 Å².